The second kappa shape index (κ2) is 7.87. The maximum atomic E-state index is 12.8. The monoisotopic (exact) mass is 384 g/mol. The van der Waals surface area contributed by atoms with E-state index in [1.807, 2.05) is 6.07 Å². The molecule has 0 aromatic carbocycles. The summed E-state index contributed by atoms with van der Waals surface area (Å²) in [4.78, 5) is 23.8. The van der Waals surface area contributed by atoms with Crippen LogP contribution in [0, 0.1) is 11.3 Å². The number of hydrogen-bond donors (Lipinski definition) is 0. The lowest BCUT2D eigenvalue weighted by Crippen LogP contribution is -2.23. The predicted octanol–water partition coefficient (Wildman–Crippen LogP) is 2.05. The summed E-state index contributed by atoms with van der Waals surface area (Å²) in [5.74, 6) is -2.99. The molecule has 142 valence electrons. The number of alkyl halides is 2. The van der Waals surface area contributed by atoms with Gasteiger partial charge in [0.2, 0.25) is 0 Å². The molecule has 0 saturated carbocycles. The van der Waals surface area contributed by atoms with E-state index in [0.717, 1.165) is 6.92 Å². The molecule has 0 fully saturated rings. The number of ether oxygens (including phenoxy) is 1. The molecule has 0 saturated heterocycles. The van der Waals surface area contributed by atoms with Crippen LogP contribution in [0.2, 0.25) is 0 Å². The normalized spacial score (nSPS) is 11.1. The second-order valence-electron chi connectivity index (χ2n) is 5.99. The first kappa shape index (κ1) is 19.0. The van der Waals surface area contributed by atoms with Crippen molar-refractivity contribution in [3.05, 3.63) is 64.5 Å². The van der Waals surface area contributed by atoms with E-state index in [1.54, 1.807) is 12.1 Å². The first-order chi connectivity index (χ1) is 13.3. The van der Waals surface area contributed by atoms with Crippen molar-refractivity contribution in [2.75, 3.05) is 6.61 Å². The largest absolute Gasteiger partial charge is 0.457 e. The summed E-state index contributed by atoms with van der Waals surface area (Å²) in [7, 11) is 0. The van der Waals surface area contributed by atoms with Crippen molar-refractivity contribution in [2.45, 2.75) is 19.4 Å². The van der Waals surface area contributed by atoms with Gasteiger partial charge in [-0.25, -0.2) is 28.4 Å². The SMILES string of the molecule is CC(F)(F)COc1ncc(-c2ccc(=O)n(Cc3ccc(C#N)nc3)n2)cn1. The Hall–Kier alpha value is -3.74. The zero-order valence-electron chi connectivity index (χ0n) is 14.7. The van der Waals surface area contributed by atoms with E-state index in [1.165, 1.54) is 35.4 Å². The fourth-order valence-corrected chi connectivity index (χ4v) is 2.19. The fourth-order valence-electron chi connectivity index (χ4n) is 2.19. The van der Waals surface area contributed by atoms with Gasteiger partial charge in [0.05, 0.1) is 12.2 Å². The average molecular weight is 384 g/mol. The quantitative estimate of drug-likeness (QED) is 0.640. The van der Waals surface area contributed by atoms with Crippen molar-refractivity contribution in [3.8, 4) is 23.3 Å². The van der Waals surface area contributed by atoms with Crippen LogP contribution < -0.4 is 10.3 Å². The number of rotatable bonds is 6. The summed E-state index contributed by atoms with van der Waals surface area (Å²) in [6, 6.07) is 7.84. The zero-order chi connectivity index (χ0) is 20.1. The van der Waals surface area contributed by atoms with Crippen molar-refractivity contribution < 1.29 is 13.5 Å². The molecule has 8 nitrogen and oxygen atoms in total. The number of halogens is 2. The Kier molecular flexibility index (Phi) is 5.35. The Balaban J connectivity index is 1.78. The lowest BCUT2D eigenvalue weighted by molar-refractivity contribution is -0.0256. The number of hydrogen-bond acceptors (Lipinski definition) is 7. The molecule has 3 heterocycles. The molecule has 0 atom stereocenters. The third-order valence-corrected chi connectivity index (χ3v) is 3.52. The molecule has 3 aromatic heterocycles. The van der Waals surface area contributed by atoms with Crippen LogP contribution in [-0.2, 0) is 6.54 Å². The summed E-state index contributed by atoms with van der Waals surface area (Å²) in [6.07, 6.45) is 4.24. The van der Waals surface area contributed by atoms with Crippen molar-refractivity contribution in [1.29, 1.82) is 5.26 Å². The van der Waals surface area contributed by atoms with Gasteiger partial charge in [-0.3, -0.25) is 4.79 Å². The minimum absolute atomic E-state index is 0.166. The molecular formula is C18H14F2N6O2. The van der Waals surface area contributed by atoms with Gasteiger partial charge in [-0.2, -0.15) is 10.4 Å². The maximum absolute atomic E-state index is 12.8. The first-order valence-corrected chi connectivity index (χ1v) is 8.10. The third-order valence-electron chi connectivity index (χ3n) is 3.52. The van der Waals surface area contributed by atoms with E-state index in [4.69, 9.17) is 10.00 Å². The minimum Gasteiger partial charge on any atom is -0.457 e. The molecule has 0 bridgehead atoms. The molecule has 0 aliphatic heterocycles. The highest BCUT2D eigenvalue weighted by atomic mass is 19.3. The van der Waals surface area contributed by atoms with E-state index in [2.05, 4.69) is 20.1 Å². The summed E-state index contributed by atoms with van der Waals surface area (Å²) in [5, 5.41) is 13.0. The highest BCUT2D eigenvalue weighted by molar-refractivity contribution is 5.55. The van der Waals surface area contributed by atoms with Crippen LogP contribution in [0.25, 0.3) is 11.3 Å². The van der Waals surface area contributed by atoms with Gasteiger partial charge in [0, 0.05) is 37.1 Å². The Morgan fingerprint density at radius 1 is 1.14 bits per heavy atom. The summed E-state index contributed by atoms with van der Waals surface area (Å²) in [6.45, 7) is 0.0744. The number of nitriles is 1. The molecule has 28 heavy (non-hydrogen) atoms. The van der Waals surface area contributed by atoms with Crippen LogP contribution >= 0.6 is 0 Å². The molecule has 0 aliphatic rings. The van der Waals surface area contributed by atoms with Crippen LogP contribution in [0.3, 0.4) is 0 Å². The maximum Gasteiger partial charge on any atom is 0.316 e. The molecule has 10 heteroatoms. The van der Waals surface area contributed by atoms with Crippen LogP contribution in [0.1, 0.15) is 18.2 Å². The Bertz CT molecular complexity index is 1050. The third kappa shape index (κ3) is 4.91. The summed E-state index contributed by atoms with van der Waals surface area (Å²) < 4.78 is 31.7. The van der Waals surface area contributed by atoms with E-state index >= 15 is 0 Å². The molecule has 3 aromatic rings. The van der Waals surface area contributed by atoms with Crippen LogP contribution in [0.15, 0.2) is 47.7 Å². The molecule has 0 spiro atoms. The zero-order valence-corrected chi connectivity index (χ0v) is 14.7. The van der Waals surface area contributed by atoms with E-state index in [0.29, 0.717) is 16.8 Å². The van der Waals surface area contributed by atoms with Gasteiger partial charge in [0.15, 0.2) is 6.61 Å². The molecule has 0 unspecified atom stereocenters. The molecule has 0 aliphatic carbocycles. The Morgan fingerprint density at radius 2 is 1.89 bits per heavy atom. The summed E-state index contributed by atoms with van der Waals surface area (Å²) >= 11 is 0. The lowest BCUT2D eigenvalue weighted by Gasteiger charge is -2.10. The lowest BCUT2D eigenvalue weighted by atomic mass is 10.2. The first-order valence-electron chi connectivity index (χ1n) is 8.10. The average Bonchev–Trinajstić information content (AvgIpc) is 2.68. The van der Waals surface area contributed by atoms with E-state index in [-0.39, 0.29) is 23.8 Å². The molecular weight excluding hydrogens is 370 g/mol. The van der Waals surface area contributed by atoms with Crippen molar-refractivity contribution in [3.63, 3.8) is 0 Å². The number of pyridine rings is 1. The van der Waals surface area contributed by atoms with Crippen molar-refractivity contribution in [1.82, 2.24) is 24.7 Å². The highest BCUT2D eigenvalue weighted by Crippen LogP contribution is 2.17. The van der Waals surface area contributed by atoms with Gasteiger partial charge in [-0.15, -0.1) is 0 Å². The Labute approximate surface area is 158 Å². The highest BCUT2D eigenvalue weighted by Gasteiger charge is 2.22. The van der Waals surface area contributed by atoms with E-state index < -0.39 is 12.5 Å². The predicted molar refractivity (Wildman–Crippen MR) is 93.7 cm³/mol. The van der Waals surface area contributed by atoms with Gasteiger partial charge >= 0.3 is 6.01 Å². The molecule has 0 amide bonds. The van der Waals surface area contributed by atoms with Crippen LogP contribution in [-0.4, -0.2) is 37.3 Å². The molecule has 0 N–H and O–H groups in total. The van der Waals surface area contributed by atoms with Gasteiger partial charge in [0.1, 0.15) is 11.8 Å². The standard InChI is InChI=1S/C18H14F2N6O2/c1-18(19,20)11-28-17-23-8-13(9-24-17)15-4-5-16(27)26(25-15)10-12-2-3-14(6-21)22-7-12/h2-5,7-9H,10-11H2,1H3. The second-order valence-corrected chi connectivity index (χ2v) is 5.99. The fraction of sp³-hybridized carbons (Fsp3) is 0.222. The summed E-state index contributed by atoms with van der Waals surface area (Å²) in [5.41, 5.74) is 1.57. The van der Waals surface area contributed by atoms with Crippen LogP contribution in [0.4, 0.5) is 8.78 Å². The van der Waals surface area contributed by atoms with Crippen molar-refractivity contribution >= 4 is 0 Å². The van der Waals surface area contributed by atoms with Gasteiger partial charge < -0.3 is 4.74 Å². The minimum atomic E-state index is -2.99. The van der Waals surface area contributed by atoms with Crippen LogP contribution in [0.5, 0.6) is 6.01 Å². The van der Waals surface area contributed by atoms with Gasteiger partial charge in [-0.1, -0.05) is 6.07 Å². The van der Waals surface area contributed by atoms with Gasteiger partial charge in [0.25, 0.3) is 11.5 Å². The smallest absolute Gasteiger partial charge is 0.316 e. The van der Waals surface area contributed by atoms with Gasteiger partial charge in [-0.05, 0) is 17.7 Å². The van der Waals surface area contributed by atoms with E-state index in [9.17, 15) is 13.6 Å². The van der Waals surface area contributed by atoms with Crippen molar-refractivity contribution in [2.24, 2.45) is 0 Å². The Morgan fingerprint density at radius 3 is 2.50 bits per heavy atom. The topological polar surface area (TPSA) is 107 Å². The number of nitrogens with zero attached hydrogens (tertiary/aromatic N) is 6. The number of aromatic nitrogens is 5. The molecule has 0 radical (unpaired) electrons. The molecule has 3 rings (SSSR count).